The van der Waals surface area contributed by atoms with E-state index >= 15 is 0 Å². The van der Waals surface area contributed by atoms with Crippen molar-refractivity contribution in [3.05, 3.63) is 35.4 Å². The third-order valence-corrected chi connectivity index (χ3v) is 4.08. The van der Waals surface area contributed by atoms with E-state index < -0.39 is 0 Å². The monoisotopic (exact) mass is 291 g/mol. The van der Waals surface area contributed by atoms with E-state index in [4.69, 9.17) is 4.74 Å². The van der Waals surface area contributed by atoms with Gasteiger partial charge in [0.1, 0.15) is 0 Å². The average Bonchev–Trinajstić information content (AvgIpc) is 2.43. The predicted molar refractivity (Wildman–Crippen MR) is 92.0 cm³/mol. The van der Waals surface area contributed by atoms with Crippen LogP contribution in [-0.4, -0.2) is 24.8 Å². The molecule has 0 radical (unpaired) electrons. The molecule has 0 aliphatic carbocycles. The maximum Gasteiger partial charge on any atom is 0.0781 e. The van der Waals surface area contributed by atoms with Crippen LogP contribution < -0.4 is 5.32 Å². The fourth-order valence-electron chi connectivity index (χ4n) is 2.63. The Morgan fingerprint density at radius 3 is 2.19 bits per heavy atom. The molecule has 2 nitrogen and oxygen atoms in total. The molecule has 1 N–H and O–H groups in total. The van der Waals surface area contributed by atoms with Gasteiger partial charge in [0.15, 0.2) is 0 Å². The van der Waals surface area contributed by atoms with Crippen LogP contribution in [0.5, 0.6) is 0 Å². The van der Waals surface area contributed by atoms with Gasteiger partial charge in [0.05, 0.1) is 5.60 Å². The molecule has 0 aliphatic heterocycles. The Morgan fingerprint density at radius 2 is 1.71 bits per heavy atom. The van der Waals surface area contributed by atoms with Gasteiger partial charge in [-0.15, -0.1) is 0 Å². The molecular formula is C19H33NO. The van der Waals surface area contributed by atoms with Gasteiger partial charge in [-0.2, -0.15) is 0 Å². The first-order valence-electron chi connectivity index (χ1n) is 8.36. The van der Waals surface area contributed by atoms with E-state index in [1.165, 1.54) is 11.1 Å². The first-order chi connectivity index (χ1) is 9.90. The minimum Gasteiger partial charge on any atom is -0.374 e. The molecule has 21 heavy (non-hydrogen) atoms. The summed E-state index contributed by atoms with van der Waals surface area (Å²) in [6.45, 7) is 14.9. The quantitative estimate of drug-likeness (QED) is 0.721. The lowest BCUT2D eigenvalue weighted by atomic mass is 9.91. The Hall–Kier alpha value is -0.860. The smallest absolute Gasteiger partial charge is 0.0781 e. The van der Waals surface area contributed by atoms with Crippen molar-refractivity contribution in [1.29, 1.82) is 0 Å². The van der Waals surface area contributed by atoms with Crippen LogP contribution in [0.2, 0.25) is 0 Å². The second kappa shape index (κ2) is 8.55. The van der Waals surface area contributed by atoms with E-state index in [2.05, 4.69) is 71.1 Å². The molecule has 1 atom stereocenters. The van der Waals surface area contributed by atoms with Crippen molar-refractivity contribution in [1.82, 2.24) is 5.32 Å². The third-order valence-electron chi connectivity index (χ3n) is 4.08. The Bertz CT molecular complexity index is 395. The molecule has 0 fully saturated rings. The molecule has 1 rings (SSSR count). The molecule has 120 valence electrons. The summed E-state index contributed by atoms with van der Waals surface area (Å²) in [4.78, 5) is 0. The molecule has 0 saturated carbocycles. The van der Waals surface area contributed by atoms with Gasteiger partial charge in [-0.05, 0) is 57.2 Å². The second-order valence-corrected chi connectivity index (χ2v) is 6.64. The molecule has 0 aliphatic rings. The molecule has 1 aromatic rings. The zero-order valence-electron chi connectivity index (χ0n) is 14.7. The Kier molecular flexibility index (Phi) is 7.41. The van der Waals surface area contributed by atoms with Crippen molar-refractivity contribution in [2.24, 2.45) is 0 Å². The van der Waals surface area contributed by atoms with Crippen molar-refractivity contribution >= 4 is 0 Å². The van der Waals surface area contributed by atoms with Gasteiger partial charge >= 0.3 is 0 Å². The van der Waals surface area contributed by atoms with E-state index in [9.17, 15) is 0 Å². The normalized spacial score (nSPS) is 13.7. The van der Waals surface area contributed by atoms with Crippen molar-refractivity contribution in [3.8, 4) is 0 Å². The van der Waals surface area contributed by atoms with E-state index in [0.29, 0.717) is 12.0 Å². The van der Waals surface area contributed by atoms with E-state index in [1.807, 2.05) is 0 Å². The van der Waals surface area contributed by atoms with Crippen LogP contribution in [0, 0.1) is 0 Å². The van der Waals surface area contributed by atoms with Crippen molar-refractivity contribution in [3.63, 3.8) is 0 Å². The highest BCUT2D eigenvalue weighted by atomic mass is 16.5. The standard InChI is InChI=1S/C19H33NO/c1-7-13-20-18(19(5,6)21-8-2)14-16-9-11-17(12-10-16)15(3)4/h9-12,15,18,20H,7-8,13-14H2,1-6H3. The highest BCUT2D eigenvalue weighted by Gasteiger charge is 2.29. The van der Waals surface area contributed by atoms with Gasteiger partial charge in [0.25, 0.3) is 0 Å². The van der Waals surface area contributed by atoms with Gasteiger partial charge < -0.3 is 10.1 Å². The molecule has 1 aromatic carbocycles. The predicted octanol–water partition coefficient (Wildman–Crippen LogP) is 4.54. The van der Waals surface area contributed by atoms with Gasteiger partial charge in [-0.1, -0.05) is 45.0 Å². The SMILES string of the molecule is CCCNC(Cc1ccc(C(C)C)cc1)C(C)(C)OCC. The topological polar surface area (TPSA) is 21.3 Å². The van der Waals surface area contributed by atoms with Crippen LogP contribution in [0.3, 0.4) is 0 Å². The molecule has 0 heterocycles. The molecule has 0 bridgehead atoms. The van der Waals surface area contributed by atoms with Crippen LogP contribution in [-0.2, 0) is 11.2 Å². The lowest BCUT2D eigenvalue weighted by Gasteiger charge is -2.35. The summed E-state index contributed by atoms with van der Waals surface area (Å²) >= 11 is 0. The summed E-state index contributed by atoms with van der Waals surface area (Å²) in [5, 5.41) is 3.66. The van der Waals surface area contributed by atoms with E-state index in [1.54, 1.807) is 0 Å². The van der Waals surface area contributed by atoms with Crippen molar-refractivity contribution < 1.29 is 4.74 Å². The Balaban J connectivity index is 2.80. The molecule has 0 spiro atoms. The number of rotatable bonds is 9. The lowest BCUT2D eigenvalue weighted by Crippen LogP contribution is -2.50. The van der Waals surface area contributed by atoms with Gasteiger partial charge in [-0.25, -0.2) is 0 Å². The summed E-state index contributed by atoms with van der Waals surface area (Å²) < 4.78 is 5.96. The largest absolute Gasteiger partial charge is 0.374 e. The van der Waals surface area contributed by atoms with Crippen LogP contribution in [0.25, 0.3) is 0 Å². The first kappa shape index (κ1) is 18.2. The van der Waals surface area contributed by atoms with Crippen LogP contribution in [0.1, 0.15) is 65.0 Å². The molecule has 2 heteroatoms. The average molecular weight is 291 g/mol. The van der Waals surface area contributed by atoms with E-state index in [-0.39, 0.29) is 5.60 Å². The third kappa shape index (κ3) is 5.80. The molecule has 1 unspecified atom stereocenters. The summed E-state index contributed by atoms with van der Waals surface area (Å²) in [6, 6.07) is 9.37. The number of benzene rings is 1. The highest BCUT2D eigenvalue weighted by molar-refractivity contribution is 5.25. The summed E-state index contributed by atoms with van der Waals surface area (Å²) in [5.41, 5.74) is 2.63. The summed E-state index contributed by atoms with van der Waals surface area (Å²) in [7, 11) is 0. The van der Waals surface area contributed by atoms with Crippen molar-refractivity contribution in [2.45, 2.75) is 71.9 Å². The van der Waals surface area contributed by atoms with Crippen molar-refractivity contribution in [2.75, 3.05) is 13.2 Å². The highest BCUT2D eigenvalue weighted by Crippen LogP contribution is 2.21. The zero-order valence-corrected chi connectivity index (χ0v) is 14.7. The van der Waals surface area contributed by atoms with Gasteiger partial charge in [-0.3, -0.25) is 0 Å². The molecule has 0 saturated heterocycles. The second-order valence-electron chi connectivity index (χ2n) is 6.64. The number of nitrogens with one attached hydrogen (secondary N) is 1. The van der Waals surface area contributed by atoms with E-state index in [0.717, 1.165) is 26.0 Å². The maximum absolute atomic E-state index is 5.96. The minimum atomic E-state index is -0.152. The van der Waals surface area contributed by atoms with Crippen LogP contribution in [0.15, 0.2) is 24.3 Å². The summed E-state index contributed by atoms with van der Waals surface area (Å²) in [5.74, 6) is 0.591. The maximum atomic E-state index is 5.96. The minimum absolute atomic E-state index is 0.152. The fraction of sp³-hybridized carbons (Fsp3) is 0.684. The van der Waals surface area contributed by atoms with Crippen LogP contribution in [0.4, 0.5) is 0 Å². The fourth-order valence-corrected chi connectivity index (χ4v) is 2.63. The molecular weight excluding hydrogens is 258 g/mol. The zero-order chi connectivity index (χ0) is 15.9. The Morgan fingerprint density at radius 1 is 1.10 bits per heavy atom. The number of hydrogen-bond acceptors (Lipinski definition) is 2. The Labute approximate surface area is 131 Å². The summed E-state index contributed by atoms with van der Waals surface area (Å²) in [6.07, 6.45) is 2.15. The number of hydrogen-bond donors (Lipinski definition) is 1. The van der Waals surface area contributed by atoms with Gasteiger partial charge in [0, 0.05) is 12.6 Å². The number of ether oxygens (including phenoxy) is 1. The van der Waals surface area contributed by atoms with Crippen LogP contribution >= 0.6 is 0 Å². The van der Waals surface area contributed by atoms with Gasteiger partial charge in [0.2, 0.25) is 0 Å². The first-order valence-corrected chi connectivity index (χ1v) is 8.36. The lowest BCUT2D eigenvalue weighted by molar-refractivity contribution is -0.0379. The molecule has 0 aromatic heterocycles. The molecule has 0 amide bonds.